The Bertz CT molecular complexity index is 461. The van der Waals surface area contributed by atoms with Crippen LogP contribution in [0.2, 0.25) is 0 Å². The van der Waals surface area contributed by atoms with Gasteiger partial charge in [-0.05, 0) is 12.0 Å². The standard InChI is InChI=1S/C14H18N2O3/c1-16-9-8-11(13(16)17)15-12(14(18)19-2)10-6-4-3-5-7-10/h3-7,11-12,15H,8-9H2,1-2H3. The Balaban J connectivity index is 2.16. The zero-order valence-corrected chi connectivity index (χ0v) is 11.1. The summed E-state index contributed by atoms with van der Waals surface area (Å²) in [5.41, 5.74) is 0.803. The van der Waals surface area contributed by atoms with Crippen LogP contribution in [0.15, 0.2) is 30.3 Å². The molecule has 5 heteroatoms. The van der Waals surface area contributed by atoms with Crippen LogP contribution in [0.5, 0.6) is 0 Å². The first-order valence-electron chi connectivity index (χ1n) is 6.27. The number of nitrogens with zero attached hydrogens (tertiary/aromatic N) is 1. The Morgan fingerprint density at radius 1 is 1.42 bits per heavy atom. The molecule has 0 spiro atoms. The predicted molar refractivity (Wildman–Crippen MR) is 70.4 cm³/mol. The fourth-order valence-electron chi connectivity index (χ4n) is 2.24. The van der Waals surface area contributed by atoms with E-state index in [1.54, 1.807) is 11.9 Å². The van der Waals surface area contributed by atoms with Gasteiger partial charge in [-0.3, -0.25) is 10.1 Å². The van der Waals surface area contributed by atoms with Crippen molar-refractivity contribution in [2.75, 3.05) is 20.7 Å². The first-order chi connectivity index (χ1) is 9.13. The van der Waals surface area contributed by atoms with Gasteiger partial charge in [0.05, 0.1) is 13.2 Å². The number of amides is 1. The highest BCUT2D eigenvalue weighted by molar-refractivity contribution is 5.85. The van der Waals surface area contributed by atoms with Gasteiger partial charge in [0, 0.05) is 13.6 Å². The minimum atomic E-state index is -0.605. The van der Waals surface area contributed by atoms with Gasteiger partial charge in [0.2, 0.25) is 5.91 Å². The molecule has 0 aliphatic carbocycles. The van der Waals surface area contributed by atoms with Crippen LogP contribution < -0.4 is 5.32 Å². The van der Waals surface area contributed by atoms with E-state index in [-0.39, 0.29) is 17.9 Å². The van der Waals surface area contributed by atoms with E-state index in [0.29, 0.717) is 13.0 Å². The van der Waals surface area contributed by atoms with Crippen molar-refractivity contribution in [3.8, 4) is 0 Å². The van der Waals surface area contributed by atoms with E-state index in [4.69, 9.17) is 4.74 Å². The summed E-state index contributed by atoms with van der Waals surface area (Å²) >= 11 is 0. The maximum atomic E-state index is 11.9. The lowest BCUT2D eigenvalue weighted by atomic mass is 10.1. The Morgan fingerprint density at radius 3 is 2.63 bits per heavy atom. The highest BCUT2D eigenvalue weighted by atomic mass is 16.5. The fourth-order valence-corrected chi connectivity index (χ4v) is 2.24. The second-order valence-corrected chi connectivity index (χ2v) is 4.63. The van der Waals surface area contributed by atoms with Gasteiger partial charge >= 0.3 is 5.97 Å². The van der Waals surface area contributed by atoms with E-state index in [2.05, 4.69) is 5.32 Å². The maximum Gasteiger partial charge on any atom is 0.327 e. The van der Waals surface area contributed by atoms with E-state index >= 15 is 0 Å². The van der Waals surface area contributed by atoms with Crippen molar-refractivity contribution in [1.29, 1.82) is 0 Å². The van der Waals surface area contributed by atoms with Crippen LogP contribution in [0.1, 0.15) is 18.0 Å². The number of likely N-dealkylation sites (tertiary alicyclic amines) is 1. The second kappa shape index (κ2) is 5.84. The zero-order valence-electron chi connectivity index (χ0n) is 11.1. The van der Waals surface area contributed by atoms with E-state index in [1.807, 2.05) is 30.3 Å². The van der Waals surface area contributed by atoms with E-state index < -0.39 is 6.04 Å². The summed E-state index contributed by atoms with van der Waals surface area (Å²) in [6.07, 6.45) is 0.704. The number of likely N-dealkylation sites (N-methyl/N-ethyl adjacent to an activating group) is 1. The summed E-state index contributed by atoms with van der Waals surface area (Å²) in [7, 11) is 3.11. The molecule has 1 N–H and O–H groups in total. The lowest BCUT2D eigenvalue weighted by molar-refractivity contribution is -0.143. The Hall–Kier alpha value is -1.88. The van der Waals surface area contributed by atoms with Gasteiger partial charge in [-0.25, -0.2) is 4.79 Å². The highest BCUT2D eigenvalue weighted by Gasteiger charge is 2.33. The van der Waals surface area contributed by atoms with Crippen molar-refractivity contribution >= 4 is 11.9 Å². The summed E-state index contributed by atoms with van der Waals surface area (Å²) in [4.78, 5) is 25.4. The SMILES string of the molecule is COC(=O)C(NC1CCN(C)C1=O)c1ccccc1. The van der Waals surface area contributed by atoms with Crippen LogP contribution in [-0.4, -0.2) is 43.5 Å². The monoisotopic (exact) mass is 262 g/mol. The van der Waals surface area contributed by atoms with Gasteiger partial charge in [-0.1, -0.05) is 30.3 Å². The van der Waals surface area contributed by atoms with Crippen molar-refractivity contribution in [2.24, 2.45) is 0 Å². The molecule has 0 bridgehead atoms. The molecule has 1 saturated heterocycles. The van der Waals surface area contributed by atoms with Crippen LogP contribution in [0.3, 0.4) is 0 Å². The van der Waals surface area contributed by atoms with Crippen molar-refractivity contribution in [3.05, 3.63) is 35.9 Å². The van der Waals surface area contributed by atoms with Crippen molar-refractivity contribution < 1.29 is 14.3 Å². The molecule has 102 valence electrons. The molecule has 2 atom stereocenters. The number of carbonyl (C=O) groups is 2. The zero-order chi connectivity index (χ0) is 13.8. The number of nitrogens with one attached hydrogen (secondary N) is 1. The highest BCUT2D eigenvalue weighted by Crippen LogP contribution is 2.18. The van der Waals surface area contributed by atoms with Gasteiger partial charge in [0.15, 0.2) is 0 Å². The molecule has 19 heavy (non-hydrogen) atoms. The van der Waals surface area contributed by atoms with Gasteiger partial charge in [0.25, 0.3) is 0 Å². The third-order valence-electron chi connectivity index (χ3n) is 3.37. The third kappa shape index (κ3) is 2.93. The Morgan fingerprint density at radius 2 is 2.11 bits per heavy atom. The molecule has 2 rings (SSSR count). The second-order valence-electron chi connectivity index (χ2n) is 4.63. The molecule has 1 aliphatic heterocycles. The van der Waals surface area contributed by atoms with Crippen molar-refractivity contribution in [3.63, 3.8) is 0 Å². The predicted octanol–water partition coefficient (Wildman–Crippen LogP) is 0.721. The molecule has 1 aliphatic rings. The lowest BCUT2D eigenvalue weighted by Crippen LogP contribution is -2.42. The molecule has 0 radical (unpaired) electrons. The molecule has 2 unspecified atom stereocenters. The normalized spacial score (nSPS) is 20.4. The van der Waals surface area contributed by atoms with Crippen LogP contribution in [-0.2, 0) is 14.3 Å². The number of ether oxygens (including phenoxy) is 1. The molecule has 0 saturated carbocycles. The number of hydrogen-bond donors (Lipinski definition) is 1. The molecule has 1 heterocycles. The summed E-state index contributed by atoms with van der Waals surface area (Å²) in [5.74, 6) is -0.363. The Labute approximate surface area is 112 Å². The maximum absolute atomic E-state index is 11.9. The molecule has 0 aromatic heterocycles. The van der Waals surface area contributed by atoms with Crippen LogP contribution in [0.4, 0.5) is 0 Å². The molecule has 5 nitrogen and oxygen atoms in total. The fraction of sp³-hybridized carbons (Fsp3) is 0.429. The smallest absolute Gasteiger partial charge is 0.327 e. The van der Waals surface area contributed by atoms with Crippen LogP contribution in [0, 0.1) is 0 Å². The number of benzene rings is 1. The van der Waals surface area contributed by atoms with Gasteiger partial charge < -0.3 is 9.64 Å². The quantitative estimate of drug-likeness (QED) is 0.812. The van der Waals surface area contributed by atoms with Crippen molar-refractivity contribution in [2.45, 2.75) is 18.5 Å². The van der Waals surface area contributed by atoms with Crippen molar-refractivity contribution in [1.82, 2.24) is 10.2 Å². The summed E-state index contributed by atoms with van der Waals surface area (Å²) in [6.45, 7) is 0.708. The largest absolute Gasteiger partial charge is 0.468 e. The summed E-state index contributed by atoms with van der Waals surface area (Å²) < 4.78 is 4.81. The van der Waals surface area contributed by atoms with E-state index in [9.17, 15) is 9.59 Å². The van der Waals surface area contributed by atoms with E-state index in [0.717, 1.165) is 5.56 Å². The average molecular weight is 262 g/mol. The number of methoxy groups -OCH3 is 1. The average Bonchev–Trinajstić information content (AvgIpc) is 2.76. The Kier molecular flexibility index (Phi) is 4.16. The third-order valence-corrected chi connectivity index (χ3v) is 3.37. The summed E-state index contributed by atoms with van der Waals surface area (Å²) in [5, 5.41) is 3.10. The van der Waals surface area contributed by atoms with Crippen LogP contribution >= 0.6 is 0 Å². The minimum Gasteiger partial charge on any atom is -0.468 e. The van der Waals surface area contributed by atoms with Gasteiger partial charge in [0.1, 0.15) is 6.04 Å². The van der Waals surface area contributed by atoms with Gasteiger partial charge in [-0.2, -0.15) is 0 Å². The first kappa shape index (κ1) is 13.5. The summed E-state index contributed by atoms with van der Waals surface area (Å²) in [6, 6.07) is 8.35. The van der Waals surface area contributed by atoms with E-state index in [1.165, 1.54) is 7.11 Å². The number of rotatable bonds is 4. The number of esters is 1. The molecular formula is C14H18N2O3. The topological polar surface area (TPSA) is 58.6 Å². The molecular weight excluding hydrogens is 244 g/mol. The number of carbonyl (C=O) groups excluding carboxylic acids is 2. The molecule has 1 aromatic rings. The molecule has 1 fully saturated rings. The molecule has 1 aromatic carbocycles. The molecule has 1 amide bonds. The van der Waals surface area contributed by atoms with Gasteiger partial charge in [-0.15, -0.1) is 0 Å². The van der Waals surface area contributed by atoms with Crippen LogP contribution in [0.25, 0.3) is 0 Å². The lowest BCUT2D eigenvalue weighted by Gasteiger charge is -2.20. The first-order valence-corrected chi connectivity index (χ1v) is 6.27. The minimum absolute atomic E-state index is 0.0184. The number of hydrogen-bond acceptors (Lipinski definition) is 4.